The van der Waals surface area contributed by atoms with Gasteiger partial charge in [-0.3, -0.25) is 4.79 Å². The van der Waals surface area contributed by atoms with E-state index in [-0.39, 0.29) is 12.4 Å². The molecule has 0 aliphatic heterocycles. The van der Waals surface area contributed by atoms with Crippen molar-refractivity contribution >= 4 is 16.9 Å². The van der Waals surface area contributed by atoms with E-state index in [1.54, 1.807) is 18.2 Å². The predicted octanol–water partition coefficient (Wildman–Crippen LogP) is 3.14. The Bertz CT molecular complexity index is 762. The second-order valence-electron chi connectivity index (χ2n) is 4.86. The second-order valence-corrected chi connectivity index (χ2v) is 4.86. The van der Waals surface area contributed by atoms with E-state index >= 15 is 0 Å². The van der Waals surface area contributed by atoms with Gasteiger partial charge in [0.1, 0.15) is 5.52 Å². The van der Waals surface area contributed by atoms with Crippen molar-refractivity contribution in [1.82, 2.24) is 4.98 Å². The molecule has 4 heteroatoms. The number of aliphatic hydroxyl groups is 1. The first-order chi connectivity index (χ1) is 10.3. The summed E-state index contributed by atoms with van der Waals surface area (Å²) in [7, 11) is 0. The first-order valence-corrected chi connectivity index (χ1v) is 6.84. The fraction of sp³-hybridized carbons (Fsp3) is 0.176. The van der Waals surface area contributed by atoms with Crippen LogP contribution < -0.4 is 0 Å². The summed E-state index contributed by atoms with van der Waals surface area (Å²) in [4.78, 5) is 16.4. The highest BCUT2D eigenvalue weighted by atomic mass is 16.3. The lowest BCUT2D eigenvalue weighted by molar-refractivity contribution is 0.0980. The summed E-state index contributed by atoms with van der Waals surface area (Å²) in [5, 5.41) is 9.10. The first-order valence-electron chi connectivity index (χ1n) is 6.84. The minimum Gasteiger partial charge on any atom is -0.441 e. The molecule has 0 aliphatic carbocycles. The maximum absolute atomic E-state index is 12.0. The molecule has 0 saturated heterocycles. The Kier molecular flexibility index (Phi) is 3.79. The lowest BCUT2D eigenvalue weighted by Crippen LogP contribution is -2.00. The van der Waals surface area contributed by atoms with E-state index < -0.39 is 0 Å². The number of fused-ring (bicyclic) bond motifs is 1. The van der Waals surface area contributed by atoms with Crippen molar-refractivity contribution in [2.24, 2.45) is 0 Å². The van der Waals surface area contributed by atoms with E-state index in [0.29, 0.717) is 35.4 Å². The zero-order chi connectivity index (χ0) is 14.7. The van der Waals surface area contributed by atoms with Gasteiger partial charge in [-0.05, 0) is 17.7 Å². The number of aryl methyl sites for hydroxylation is 1. The molecular formula is C17H15NO3. The number of nitrogens with zero attached hydrogens (tertiary/aromatic N) is 1. The highest BCUT2D eigenvalue weighted by Crippen LogP contribution is 2.18. The van der Waals surface area contributed by atoms with E-state index in [1.807, 2.05) is 30.3 Å². The van der Waals surface area contributed by atoms with Gasteiger partial charge in [0, 0.05) is 18.4 Å². The Morgan fingerprint density at radius 1 is 1.14 bits per heavy atom. The molecule has 1 N–H and O–H groups in total. The standard InChI is InChI=1S/C17H15NO3/c19-11-12-6-8-16-14(10-12)18-17(21-16)9-7-15(20)13-4-2-1-3-5-13/h1-6,8,10,19H,7,9,11H2. The first kappa shape index (κ1) is 13.5. The molecule has 0 atom stereocenters. The second kappa shape index (κ2) is 5.89. The van der Waals surface area contributed by atoms with Crippen molar-refractivity contribution in [3.8, 4) is 0 Å². The van der Waals surface area contributed by atoms with E-state index in [0.717, 1.165) is 5.56 Å². The van der Waals surface area contributed by atoms with Gasteiger partial charge in [0.2, 0.25) is 0 Å². The summed E-state index contributed by atoms with van der Waals surface area (Å²) in [6, 6.07) is 14.6. The molecule has 1 heterocycles. The van der Waals surface area contributed by atoms with Crippen LogP contribution in [-0.2, 0) is 13.0 Å². The molecule has 0 amide bonds. The quantitative estimate of drug-likeness (QED) is 0.730. The van der Waals surface area contributed by atoms with Crippen LogP contribution in [0.5, 0.6) is 0 Å². The molecule has 21 heavy (non-hydrogen) atoms. The summed E-state index contributed by atoms with van der Waals surface area (Å²) in [5.41, 5.74) is 2.89. The molecule has 3 aromatic rings. The van der Waals surface area contributed by atoms with E-state index in [4.69, 9.17) is 9.52 Å². The molecule has 0 saturated carbocycles. The summed E-state index contributed by atoms with van der Waals surface area (Å²) < 4.78 is 5.61. The summed E-state index contributed by atoms with van der Waals surface area (Å²) in [6.45, 7) is -0.0232. The monoisotopic (exact) mass is 281 g/mol. The maximum Gasteiger partial charge on any atom is 0.195 e. The van der Waals surface area contributed by atoms with Crippen molar-refractivity contribution in [3.05, 3.63) is 65.5 Å². The van der Waals surface area contributed by atoms with Crippen LogP contribution in [0.15, 0.2) is 52.9 Å². The number of aromatic nitrogens is 1. The van der Waals surface area contributed by atoms with Crippen molar-refractivity contribution in [1.29, 1.82) is 0 Å². The van der Waals surface area contributed by atoms with Gasteiger partial charge in [-0.2, -0.15) is 0 Å². The SMILES string of the molecule is O=C(CCc1nc2cc(CO)ccc2o1)c1ccccc1. The zero-order valence-electron chi connectivity index (χ0n) is 11.5. The number of rotatable bonds is 5. The molecule has 0 spiro atoms. The largest absolute Gasteiger partial charge is 0.441 e. The maximum atomic E-state index is 12.0. The molecule has 0 radical (unpaired) electrons. The van der Waals surface area contributed by atoms with Gasteiger partial charge in [0.15, 0.2) is 17.3 Å². The molecule has 1 aromatic heterocycles. The summed E-state index contributed by atoms with van der Waals surface area (Å²) in [6.07, 6.45) is 0.834. The zero-order valence-corrected chi connectivity index (χ0v) is 11.5. The highest BCUT2D eigenvalue weighted by molar-refractivity contribution is 5.96. The van der Waals surface area contributed by atoms with E-state index in [1.165, 1.54) is 0 Å². The van der Waals surface area contributed by atoms with E-state index in [9.17, 15) is 4.79 Å². The van der Waals surface area contributed by atoms with Gasteiger partial charge in [-0.1, -0.05) is 36.4 Å². The van der Waals surface area contributed by atoms with Gasteiger partial charge >= 0.3 is 0 Å². The Labute approximate surface area is 122 Å². The van der Waals surface area contributed by atoms with Crippen LogP contribution in [-0.4, -0.2) is 15.9 Å². The number of Topliss-reactive ketones (excluding diaryl/α,β-unsaturated/α-hetero) is 1. The molecular weight excluding hydrogens is 266 g/mol. The average molecular weight is 281 g/mol. The molecule has 0 aliphatic rings. The molecule has 0 bridgehead atoms. The van der Waals surface area contributed by atoms with Crippen molar-refractivity contribution < 1.29 is 14.3 Å². The Morgan fingerprint density at radius 3 is 2.71 bits per heavy atom. The fourth-order valence-electron chi connectivity index (χ4n) is 2.21. The topological polar surface area (TPSA) is 63.3 Å². The number of aliphatic hydroxyl groups excluding tert-OH is 1. The fourth-order valence-corrected chi connectivity index (χ4v) is 2.21. The van der Waals surface area contributed by atoms with Crippen LogP contribution in [0, 0.1) is 0 Å². The molecule has 2 aromatic carbocycles. The third-order valence-corrected chi connectivity index (χ3v) is 3.34. The van der Waals surface area contributed by atoms with E-state index in [2.05, 4.69) is 4.98 Å². The molecule has 106 valence electrons. The lowest BCUT2D eigenvalue weighted by atomic mass is 10.1. The van der Waals surface area contributed by atoms with Gasteiger partial charge in [-0.15, -0.1) is 0 Å². The normalized spacial score (nSPS) is 10.9. The predicted molar refractivity (Wildman–Crippen MR) is 79.0 cm³/mol. The van der Waals surface area contributed by atoms with Crippen molar-refractivity contribution in [2.45, 2.75) is 19.4 Å². The van der Waals surface area contributed by atoms with Crippen LogP contribution in [0.1, 0.15) is 28.2 Å². The van der Waals surface area contributed by atoms with Crippen LogP contribution in [0.25, 0.3) is 11.1 Å². The molecule has 0 unspecified atom stereocenters. The Balaban J connectivity index is 1.72. The van der Waals surface area contributed by atoms with Crippen LogP contribution in [0.3, 0.4) is 0 Å². The van der Waals surface area contributed by atoms with Crippen molar-refractivity contribution in [3.63, 3.8) is 0 Å². The van der Waals surface area contributed by atoms with Gasteiger partial charge in [0.05, 0.1) is 6.61 Å². The Hall–Kier alpha value is -2.46. The smallest absolute Gasteiger partial charge is 0.195 e. The van der Waals surface area contributed by atoms with Gasteiger partial charge < -0.3 is 9.52 Å². The van der Waals surface area contributed by atoms with Crippen LogP contribution in [0.2, 0.25) is 0 Å². The third kappa shape index (κ3) is 3.01. The summed E-state index contributed by atoms with van der Waals surface area (Å²) in [5.74, 6) is 0.623. The highest BCUT2D eigenvalue weighted by Gasteiger charge is 2.10. The van der Waals surface area contributed by atoms with Crippen molar-refractivity contribution in [2.75, 3.05) is 0 Å². The number of carbonyl (C=O) groups is 1. The number of hydrogen-bond donors (Lipinski definition) is 1. The minimum absolute atomic E-state index is 0.0232. The lowest BCUT2D eigenvalue weighted by Gasteiger charge is -1.98. The number of hydrogen-bond acceptors (Lipinski definition) is 4. The molecule has 4 nitrogen and oxygen atoms in total. The average Bonchev–Trinajstić information content (AvgIpc) is 2.95. The number of oxazole rings is 1. The van der Waals surface area contributed by atoms with Crippen LogP contribution >= 0.6 is 0 Å². The summed E-state index contributed by atoms with van der Waals surface area (Å²) >= 11 is 0. The molecule has 3 rings (SSSR count). The van der Waals surface area contributed by atoms with Gasteiger partial charge in [0.25, 0.3) is 0 Å². The van der Waals surface area contributed by atoms with Gasteiger partial charge in [-0.25, -0.2) is 4.98 Å². The Morgan fingerprint density at radius 2 is 1.95 bits per heavy atom. The third-order valence-electron chi connectivity index (χ3n) is 3.34. The number of benzene rings is 2. The molecule has 0 fully saturated rings. The van der Waals surface area contributed by atoms with Crippen LogP contribution in [0.4, 0.5) is 0 Å². The number of ketones is 1. The minimum atomic E-state index is -0.0232. The number of carbonyl (C=O) groups excluding carboxylic acids is 1.